The van der Waals surface area contributed by atoms with Gasteiger partial charge in [-0.15, -0.1) is 6.42 Å². The van der Waals surface area contributed by atoms with E-state index in [1.807, 2.05) is 0 Å². The zero-order chi connectivity index (χ0) is 11.6. The van der Waals surface area contributed by atoms with E-state index in [2.05, 4.69) is 46.6 Å². The summed E-state index contributed by atoms with van der Waals surface area (Å²) < 4.78 is 0. The predicted molar refractivity (Wildman–Crippen MR) is 67.3 cm³/mol. The van der Waals surface area contributed by atoms with Gasteiger partial charge in [-0.2, -0.15) is 0 Å². The molecule has 0 saturated heterocycles. The maximum absolute atomic E-state index is 5.59. The van der Waals surface area contributed by atoms with E-state index in [4.69, 9.17) is 6.42 Å². The molecule has 0 radical (unpaired) electrons. The second-order valence-corrected chi connectivity index (χ2v) is 4.30. The van der Waals surface area contributed by atoms with Crippen molar-refractivity contribution in [3.8, 4) is 12.3 Å². The molecule has 0 aromatic heterocycles. The standard InChI is InChI=1S/C15H20/c1-7-14(8-2)15-11(4)9-10(3)12(5)13(15)6/h1,9,14H,8H2,2-6H3. The van der Waals surface area contributed by atoms with Crippen LogP contribution in [0.15, 0.2) is 6.07 Å². The highest BCUT2D eigenvalue weighted by Crippen LogP contribution is 2.29. The van der Waals surface area contributed by atoms with Crippen molar-refractivity contribution in [1.82, 2.24) is 0 Å². The van der Waals surface area contributed by atoms with Crippen molar-refractivity contribution in [2.75, 3.05) is 0 Å². The first kappa shape index (κ1) is 11.9. The minimum Gasteiger partial charge on any atom is -0.119 e. The summed E-state index contributed by atoms with van der Waals surface area (Å²) in [7, 11) is 0. The fourth-order valence-corrected chi connectivity index (χ4v) is 2.25. The fraction of sp³-hybridized carbons (Fsp3) is 0.467. The lowest BCUT2D eigenvalue weighted by Crippen LogP contribution is -2.03. The average molecular weight is 200 g/mol. The number of hydrogen-bond donors (Lipinski definition) is 0. The molecule has 0 heterocycles. The van der Waals surface area contributed by atoms with Gasteiger partial charge in [-0.3, -0.25) is 0 Å². The van der Waals surface area contributed by atoms with Gasteiger partial charge in [0.05, 0.1) is 0 Å². The van der Waals surface area contributed by atoms with Crippen LogP contribution in [0, 0.1) is 40.0 Å². The Hall–Kier alpha value is -1.22. The first-order valence-electron chi connectivity index (χ1n) is 5.56. The van der Waals surface area contributed by atoms with Crippen molar-refractivity contribution in [1.29, 1.82) is 0 Å². The molecule has 1 atom stereocenters. The maximum atomic E-state index is 5.59. The molecule has 1 rings (SSSR count). The summed E-state index contributed by atoms with van der Waals surface area (Å²) in [6, 6.07) is 2.25. The van der Waals surface area contributed by atoms with Crippen LogP contribution in [0.1, 0.15) is 47.1 Å². The van der Waals surface area contributed by atoms with Crippen LogP contribution in [-0.4, -0.2) is 0 Å². The van der Waals surface area contributed by atoms with Crippen LogP contribution in [0.3, 0.4) is 0 Å². The molecule has 80 valence electrons. The van der Waals surface area contributed by atoms with Gasteiger partial charge in [-0.05, 0) is 61.9 Å². The molecule has 0 spiro atoms. The summed E-state index contributed by atoms with van der Waals surface area (Å²) >= 11 is 0. The Morgan fingerprint density at radius 3 is 2.20 bits per heavy atom. The van der Waals surface area contributed by atoms with Crippen LogP contribution >= 0.6 is 0 Å². The third-order valence-electron chi connectivity index (χ3n) is 3.37. The Bertz CT molecular complexity index is 405. The van der Waals surface area contributed by atoms with Gasteiger partial charge < -0.3 is 0 Å². The molecule has 0 saturated carbocycles. The Morgan fingerprint density at radius 2 is 1.73 bits per heavy atom. The van der Waals surface area contributed by atoms with E-state index in [0.717, 1.165) is 6.42 Å². The van der Waals surface area contributed by atoms with Crippen molar-refractivity contribution in [2.45, 2.75) is 47.0 Å². The van der Waals surface area contributed by atoms with E-state index in [1.165, 1.54) is 27.8 Å². The van der Waals surface area contributed by atoms with E-state index in [0.29, 0.717) is 0 Å². The molecule has 1 aromatic rings. The lowest BCUT2D eigenvalue weighted by molar-refractivity contribution is 0.813. The Kier molecular flexibility index (Phi) is 3.58. The van der Waals surface area contributed by atoms with Gasteiger partial charge in [-0.25, -0.2) is 0 Å². The van der Waals surface area contributed by atoms with E-state index in [1.54, 1.807) is 0 Å². The fourth-order valence-electron chi connectivity index (χ4n) is 2.25. The van der Waals surface area contributed by atoms with Gasteiger partial charge >= 0.3 is 0 Å². The molecular weight excluding hydrogens is 180 g/mol. The maximum Gasteiger partial charge on any atom is 0.0452 e. The van der Waals surface area contributed by atoms with E-state index >= 15 is 0 Å². The zero-order valence-corrected chi connectivity index (χ0v) is 10.4. The Morgan fingerprint density at radius 1 is 1.13 bits per heavy atom. The summed E-state index contributed by atoms with van der Waals surface area (Å²) in [6.07, 6.45) is 6.61. The minimum absolute atomic E-state index is 0.268. The van der Waals surface area contributed by atoms with Crippen molar-refractivity contribution in [2.24, 2.45) is 0 Å². The third-order valence-corrected chi connectivity index (χ3v) is 3.37. The molecule has 0 bridgehead atoms. The first-order valence-corrected chi connectivity index (χ1v) is 5.56. The Balaban J connectivity index is 3.43. The molecule has 0 heteroatoms. The van der Waals surface area contributed by atoms with Gasteiger partial charge in [0.25, 0.3) is 0 Å². The van der Waals surface area contributed by atoms with Gasteiger partial charge in [0.1, 0.15) is 0 Å². The highest BCUT2D eigenvalue weighted by atomic mass is 14.2. The second kappa shape index (κ2) is 4.53. The summed E-state index contributed by atoms with van der Waals surface area (Å²) in [5, 5.41) is 0. The monoisotopic (exact) mass is 200 g/mol. The smallest absolute Gasteiger partial charge is 0.0452 e. The molecule has 0 amide bonds. The molecule has 0 aliphatic rings. The normalized spacial score (nSPS) is 12.3. The SMILES string of the molecule is C#CC(CC)c1c(C)cc(C)c(C)c1C. The van der Waals surface area contributed by atoms with Crippen molar-refractivity contribution >= 4 is 0 Å². The van der Waals surface area contributed by atoms with Gasteiger partial charge in [0, 0.05) is 5.92 Å². The molecule has 0 aliphatic carbocycles. The van der Waals surface area contributed by atoms with Gasteiger partial charge in [0.15, 0.2) is 0 Å². The summed E-state index contributed by atoms with van der Waals surface area (Å²) in [5.41, 5.74) is 6.81. The molecular formula is C15H20. The highest BCUT2D eigenvalue weighted by molar-refractivity contribution is 5.47. The van der Waals surface area contributed by atoms with E-state index in [-0.39, 0.29) is 5.92 Å². The van der Waals surface area contributed by atoms with Crippen LogP contribution in [0.2, 0.25) is 0 Å². The molecule has 1 unspecified atom stereocenters. The van der Waals surface area contributed by atoms with E-state index in [9.17, 15) is 0 Å². The molecule has 0 fully saturated rings. The van der Waals surface area contributed by atoms with E-state index < -0.39 is 0 Å². The quantitative estimate of drug-likeness (QED) is 0.632. The number of benzene rings is 1. The molecule has 0 aliphatic heterocycles. The van der Waals surface area contributed by atoms with Crippen molar-refractivity contribution in [3.63, 3.8) is 0 Å². The highest BCUT2D eigenvalue weighted by Gasteiger charge is 2.14. The van der Waals surface area contributed by atoms with Crippen LogP contribution < -0.4 is 0 Å². The van der Waals surface area contributed by atoms with Crippen LogP contribution in [-0.2, 0) is 0 Å². The first-order chi connectivity index (χ1) is 7.02. The number of terminal acetylenes is 1. The zero-order valence-electron chi connectivity index (χ0n) is 10.4. The number of hydrogen-bond acceptors (Lipinski definition) is 0. The molecule has 0 nitrogen and oxygen atoms in total. The summed E-state index contributed by atoms with van der Waals surface area (Å²) in [5.74, 6) is 3.16. The van der Waals surface area contributed by atoms with Crippen LogP contribution in [0.25, 0.3) is 0 Å². The van der Waals surface area contributed by atoms with Crippen LogP contribution in [0.4, 0.5) is 0 Å². The Labute approximate surface area is 93.7 Å². The van der Waals surface area contributed by atoms with Gasteiger partial charge in [-0.1, -0.05) is 18.9 Å². The minimum atomic E-state index is 0.268. The molecule has 0 N–H and O–H groups in total. The van der Waals surface area contributed by atoms with Gasteiger partial charge in [0.2, 0.25) is 0 Å². The van der Waals surface area contributed by atoms with Crippen molar-refractivity contribution < 1.29 is 0 Å². The van der Waals surface area contributed by atoms with Crippen LogP contribution in [0.5, 0.6) is 0 Å². The summed E-state index contributed by atoms with van der Waals surface area (Å²) in [4.78, 5) is 0. The topological polar surface area (TPSA) is 0 Å². The third kappa shape index (κ3) is 2.07. The van der Waals surface area contributed by atoms with Crippen molar-refractivity contribution in [3.05, 3.63) is 33.9 Å². The average Bonchev–Trinajstić information content (AvgIpc) is 2.21. The number of rotatable bonds is 2. The predicted octanol–water partition coefficient (Wildman–Crippen LogP) is 4.05. The number of aryl methyl sites for hydroxylation is 2. The lowest BCUT2D eigenvalue weighted by atomic mass is 9.85. The molecule has 15 heavy (non-hydrogen) atoms. The largest absolute Gasteiger partial charge is 0.119 e. The molecule has 1 aromatic carbocycles. The second-order valence-electron chi connectivity index (χ2n) is 4.30. The lowest BCUT2D eigenvalue weighted by Gasteiger charge is -2.19. The summed E-state index contributed by atoms with van der Waals surface area (Å²) in [6.45, 7) is 10.8.